The molecule has 0 radical (unpaired) electrons. The Morgan fingerprint density at radius 3 is 2.23 bits per heavy atom. The Morgan fingerprint density at radius 2 is 1.57 bits per heavy atom. The topological polar surface area (TPSA) is 134 Å². The van der Waals surface area contributed by atoms with Gasteiger partial charge in [-0.15, -0.1) is 10.2 Å². The molecule has 1 aliphatic heterocycles. The first-order valence-electron chi connectivity index (χ1n) is 9.39. The van der Waals surface area contributed by atoms with Crippen LogP contribution in [0.2, 0.25) is 0 Å². The van der Waals surface area contributed by atoms with Crippen molar-refractivity contribution in [3.63, 3.8) is 0 Å². The quantitative estimate of drug-likeness (QED) is 0.566. The molecule has 1 aliphatic rings. The predicted molar refractivity (Wildman–Crippen MR) is 106 cm³/mol. The minimum Gasteiger partial charge on any atom is -0.508 e. The fourth-order valence-electron chi connectivity index (χ4n) is 3.42. The summed E-state index contributed by atoms with van der Waals surface area (Å²) < 4.78 is 6.90. The Kier molecular flexibility index (Phi) is 5.20. The number of amides is 2. The van der Waals surface area contributed by atoms with Crippen LogP contribution in [0.3, 0.4) is 0 Å². The average molecular weight is 409 g/mol. The van der Waals surface area contributed by atoms with E-state index in [1.54, 1.807) is 0 Å². The van der Waals surface area contributed by atoms with Crippen LogP contribution in [-0.2, 0) is 11.3 Å². The third-order valence-electron chi connectivity index (χ3n) is 5.02. The normalized spacial score (nSPS) is 16.5. The summed E-state index contributed by atoms with van der Waals surface area (Å²) in [4.78, 5) is 24.3. The van der Waals surface area contributed by atoms with Crippen molar-refractivity contribution >= 4 is 22.6 Å². The molecule has 2 heterocycles. The number of aromatic nitrogens is 1. The molecule has 0 spiro atoms. The van der Waals surface area contributed by atoms with Gasteiger partial charge in [0.2, 0.25) is 11.8 Å². The number of rotatable bonds is 4. The number of nitrogens with zero attached hydrogens (tertiary/aromatic N) is 3. The number of aromatic hydroxyl groups is 3. The van der Waals surface area contributed by atoms with E-state index >= 15 is 0 Å². The monoisotopic (exact) mass is 409 g/mol. The van der Waals surface area contributed by atoms with Gasteiger partial charge in [-0.05, 0) is 55.3 Å². The molecule has 4 rings (SSSR count). The molecule has 9 heteroatoms. The number of phenols is 1. The lowest BCUT2D eigenvalue weighted by molar-refractivity contribution is 0.0930. The molecule has 3 N–H and O–H groups in total. The van der Waals surface area contributed by atoms with Gasteiger partial charge in [-0.25, -0.2) is 0 Å². The molecule has 2 amide bonds. The van der Waals surface area contributed by atoms with E-state index in [1.807, 2.05) is 0 Å². The SMILES string of the molecule is O=C(N=NC(=O)c1ccc2c(O)n(CC3CCCO3)c(O)c2c1)c1ccc(O)cc1. The zero-order chi connectivity index (χ0) is 21.3. The summed E-state index contributed by atoms with van der Waals surface area (Å²) in [6.45, 7) is 0.954. The zero-order valence-corrected chi connectivity index (χ0v) is 15.9. The van der Waals surface area contributed by atoms with Crippen LogP contribution in [0.15, 0.2) is 52.7 Å². The average Bonchev–Trinajstić information content (AvgIpc) is 3.35. The summed E-state index contributed by atoms with van der Waals surface area (Å²) in [6, 6.07) is 9.72. The molecule has 0 saturated carbocycles. The Labute approximate surface area is 170 Å². The van der Waals surface area contributed by atoms with E-state index in [0.717, 1.165) is 12.8 Å². The Morgan fingerprint density at radius 1 is 0.933 bits per heavy atom. The van der Waals surface area contributed by atoms with E-state index in [0.29, 0.717) is 18.5 Å². The van der Waals surface area contributed by atoms with E-state index in [9.17, 15) is 24.9 Å². The van der Waals surface area contributed by atoms with Crippen LogP contribution in [0.4, 0.5) is 0 Å². The van der Waals surface area contributed by atoms with Crippen molar-refractivity contribution in [3.8, 4) is 17.5 Å². The van der Waals surface area contributed by atoms with Gasteiger partial charge in [0.15, 0.2) is 0 Å². The lowest BCUT2D eigenvalue weighted by atomic mass is 10.1. The molecule has 30 heavy (non-hydrogen) atoms. The number of phenolic OH excluding ortho intramolecular Hbond substituents is 1. The van der Waals surface area contributed by atoms with Gasteiger partial charge < -0.3 is 20.1 Å². The molecule has 2 aromatic carbocycles. The smallest absolute Gasteiger partial charge is 0.295 e. The molecule has 1 unspecified atom stereocenters. The highest BCUT2D eigenvalue weighted by Gasteiger charge is 2.23. The van der Waals surface area contributed by atoms with Crippen molar-refractivity contribution < 1.29 is 29.6 Å². The number of benzene rings is 2. The molecule has 0 aliphatic carbocycles. The highest BCUT2D eigenvalue weighted by Crippen LogP contribution is 2.37. The lowest BCUT2D eigenvalue weighted by Gasteiger charge is -2.12. The molecule has 1 saturated heterocycles. The number of azo groups is 1. The molecule has 9 nitrogen and oxygen atoms in total. The second-order valence-corrected chi connectivity index (χ2v) is 7.01. The van der Waals surface area contributed by atoms with Gasteiger partial charge in [0, 0.05) is 28.5 Å². The van der Waals surface area contributed by atoms with Crippen LogP contribution in [0.25, 0.3) is 10.8 Å². The van der Waals surface area contributed by atoms with E-state index < -0.39 is 11.8 Å². The van der Waals surface area contributed by atoms with Gasteiger partial charge in [0.1, 0.15) is 5.75 Å². The zero-order valence-electron chi connectivity index (χ0n) is 15.9. The number of fused-ring (bicyclic) bond motifs is 1. The number of ether oxygens (including phenoxy) is 1. The Balaban J connectivity index is 1.56. The molecule has 3 aromatic rings. The van der Waals surface area contributed by atoms with Crippen LogP contribution < -0.4 is 0 Å². The molecular weight excluding hydrogens is 390 g/mol. The summed E-state index contributed by atoms with van der Waals surface area (Å²) >= 11 is 0. The van der Waals surface area contributed by atoms with Crippen molar-refractivity contribution in [3.05, 3.63) is 53.6 Å². The van der Waals surface area contributed by atoms with Crippen LogP contribution in [-0.4, -0.2) is 44.4 Å². The van der Waals surface area contributed by atoms with Crippen LogP contribution in [0.1, 0.15) is 33.6 Å². The molecule has 1 aromatic heterocycles. The summed E-state index contributed by atoms with van der Waals surface area (Å²) in [7, 11) is 0. The van der Waals surface area contributed by atoms with E-state index in [-0.39, 0.29) is 40.1 Å². The maximum absolute atomic E-state index is 12.3. The minimum atomic E-state index is -0.769. The largest absolute Gasteiger partial charge is 0.508 e. The van der Waals surface area contributed by atoms with Crippen molar-refractivity contribution in [1.29, 1.82) is 0 Å². The number of carbonyl (C=O) groups is 2. The van der Waals surface area contributed by atoms with Gasteiger partial charge in [-0.1, -0.05) is 0 Å². The summed E-state index contributed by atoms with van der Waals surface area (Å²) in [5.41, 5.74) is 0.280. The fourth-order valence-corrected chi connectivity index (χ4v) is 3.42. The summed E-state index contributed by atoms with van der Waals surface area (Å²) in [6.07, 6.45) is 1.68. The Bertz CT molecular complexity index is 1140. The van der Waals surface area contributed by atoms with Crippen molar-refractivity contribution in [2.45, 2.75) is 25.5 Å². The fraction of sp³-hybridized carbons (Fsp3) is 0.238. The molecule has 1 atom stereocenters. The first kappa shape index (κ1) is 19.6. The van der Waals surface area contributed by atoms with Gasteiger partial charge >= 0.3 is 0 Å². The minimum absolute atomic E-state index is 0.00218. The van der Waals surface area contributed by atoms with Crippen LogP contribution >= 0.6 is 0 Å². The van der Waals surface area contributed by atoms with E-state index in [1.165, 1.54) is 47.0 Å². The Hall–Kier alpha value is -3.72. The molecular formula is C21H19N3O6. The second-order valence-electron chi connectivity index (χ2n) is 7.01. The summed E-state index contributed by atoms with van der Waals surface area (Å²) in [5.74, 6) is -1.78. The van der Waals surface area contributed by atoms with Gasteiger partial charge in [0.25, 0.3) is 11.8 Å². The highest BCUT2D eigenvalue weighted by molar-refractivity contribution is 6.03. The summed E-state index contributed by atoms with van der Waals surface area (Å²) in [5, 5.41) is 37.8. The third-order valence-corrected chi connectivity index (χ3v) is 5.02. The maximum atomic E-state index is 12.3. The second kappa shape index (κ2) is 7.96. The van der Waals surface area contributed by atoms with Crippen molar-refractivity contribution in [2.75, 3.05) is 6.61 Å². The van der Waals surface area contributed by atoms with E-state index in [4.69, 9.17) is 4.74 Å². The molecule has 154 valence electrons. The standard InChI is InChI=1S/C21H19N3O6/c25-14-6-3-12(4-7-14)18(26)22-23-19(27)13-5-8-16-17(10-13)21(29)24(20(16)28)11-15-2-1-9-30-15/h3-8,10,15,25,28-29H,1-2,9,11H2. The van der Waals surface area contributed by atoms with Gasteiger partial charge in [-0.3, -0.25) is 14.2 Å². The van der Waals surface area contributed by atoms with Crippen LogP contribution in [0.5, 0.6) is 17.5 Å². The predicted octanol–water partition coefficient (Wildman–Crippen LogP) is 3.37. The maximum Gasteiger partial charge on any atom is 0.295 e. The number of hydrogen-bond acceptors (Lipinski definition) is 6. The van der Waals surface area contributed by atoms with Gasteiger partial charge in [0.05, 0.1) is 12.6 Å². The number of carbonyl (C=O) groups excluding carboxylic acids is 2. The first-order chi connectivity index (χ1) is 14.4. The highest BCUT2D eigenvalue weighted by atomic mass is 16.5. The first-order valence-corrected chi connectivity index (χ1v) is 9.39. The van der Waals surface area contributed by atoms with Crippen molar-refractivity contribution in [1.82, 2.24) is 4.57 Å². The van der Waals surface area contributed by atoms with Crippen LogP contribution in [0, 0.1) is 0 Å². The lowest BCUT2D eigenvalue weighted by Crippen LogP contribution is -2.14. The molecule has 1 fully saturated rings. The third kappa shape index (κ3) is 3.74. The van der Waals surface area contributed by atoms with Crippen molar-refractivity contribution in [2.24, 2.45) is 10.2 Å². The van der Waals surface area contributed by atoms with E-state index in [2.05, 4.69) is 10.2 Å². The molecule has 0 bridgehead atoms. The van der Waals surface area contributed by atoms with Gasteiger partial charge in [-0.2, -0.15) is 0 Å². The number of hydrogen-bond donors (Lipinski definition) is 3.